The largest absolute Gasteiger partial charge is 0.464 e. The fourth-order valence-corrected chi connectivity index (χ4v) is 1.43. The summed E-state index contributed by atoms with van der Waals surface area (Å²) in [7, 11) is 0. The first kappa shape index (κ1) is 8.10. The van der Waals surface area contributed by atoms with Crippen LogP contribution in [0.4, 0.5) is 10.1 Å². The number of furan rings is 1. The van der Waals surface area contributed by atoms with Gasteiger partial charge in [-0.2, -0.15) is 0 Å². The minimum atomic E-state index is -1.05. The predicted molar refractivity (Wildman–Crippen MR) is 50.1 cm³/mol. The van der Waals surface area contributed by atoms with E-state index in [1.807, 2.05) is 0 Å². The zero-order valence-electron chi connectivity index (χ0n) is 7.25. The van der Waals surface area contributed by atoms with Crippen LogP contribution in [0.2, 0.25) is 0 Å². The van der Waals surface area contributed by atoms with E-state index >= 15 is 0 Å². The minimum absolute atomic E-state index is 0.521. The number of halogens is 1. The van der Waals surface area contributed by atoms with Crippen LogP contribution < -0.4 is 5.73 Å². The Kier molecular flexibility index (Phi) is 1.72. The number of rotatable bonds is 1. The SMILES string of the molecule is CC(F)c1coc2cccc(N)c12. The van der Waals surface area contributed by atoms with Crippen LogP contribution in [0.1, 0.15) is 18.7 Å². The first-order valence-corrected chi connectivity index (χ1v) is 4.10. The van der Waals surface area contributed by atoms with Crippen molar-refractivity contribution in [2.24, 2.45) is 0 Å². The maximum atomic E-state index is 13.1. The maximum absolute atomic E-state index is 13.1. The lowest BCUT2D eigenvalue weighted by Gasteiger charge is -1.99. The number of hydrogen-bond donors (Lipinski definition) is 1. The van der Waals surface area contributed by atoms with Gasteiger partial charge in [-0.1, -0.05) is 6.07 Å². The Bertz CT molecular complexity index is 433. The zero-order valence-corrected chi connectivity index (χ0v) is 7.25. The van der Waals surface area contributed by atoms with E-state index in [0.29, 0.717) is 22.2 Å². The molecule has 0 saturated heterocycles. The summed E-state index contributed by atoms with van der Waals surface area (Å²) in [4.78, 5) is 0. The molecule has 0 spiro atoms. The van der Waals surface area contributed by atoms with Gasteiger partial charge in [0.25, 0.3) is 0 Å². The number of fused-ring (bicyclic) bond motifs is 1. The predicted octanol–water partition coefficient (Wildman–Crippen LogP) is 3.05. The summed E-state index contributed by atoms with van der Waals surface area (Å²) in [5.74, 6) is 0. The molecule has 0 aliphatic rings. The molecule has 0 saturated carbocycles. The summed E-state index contributed by atoms with van der Waals surface area (Å²) in [6.45, 7) is 1.47. The highest BCUT2D eigenvalue weighted by Gasteiger charge is 2.13. The van der Waals surface area contributed by atoms with Gasteiger partial charge in [-0.25, -0.2) is 4.39 Å². The molecule has 13 heavy (non-hydrogen) atoms. The molecule has 0 aliphatic heterocycles. The van der Waals surface area contributed by atoms with Gasteiger partial charge in [-0.05, 0) is 19.1 Å². The molecule has 1 aromatic carbocycles. The first-order chi connectivity index (χ1) is 6.20. The van der Waals surface area contributed by atoms with E-state index in [0.717, 1.165) is 0 Å². The van der Waals surface area contributed by atoms with Crippen LogP contribution in [0.15, 0.2) is 28.9 Å². The fraction of sp³-hybridized carbons (Fsp3) is 0.200. The molecular formula is C10H10FNO. The number of hydrogen-bond acceptors (Lipinski definition) is 2. The number of alkyl halides is 1. The monoisotopic (exact) mass is 179 g/mol. The normalized spacial score (nSPS) is 13.4. The van der Waals surface area contributed by atoms with E-state index in [-0.39, 0.29) is 0 Å². The van der Waals surface area contributed by atoms with Gasteiger partial charge >= 0.3 is 0 Å². The van der Waals surface area contributed by atoms with Crippen molar-refractivity contribution in [2.45, 2.75) is 13.1 Å². The molecule has 0 bridgehead atoms. The highest BCUT2D eigenvalue weighted by atomic mass is 19.1. The molecule has 68 valence electrons. The standard InChI is InChI=1S/C10H10FNO/c1-6(11)7-5-13-9-4-2-3-8(12)10(7)9/h2-6H,12H2,1H3. The second kappa shape index (κ2) is 2.76. The third-order valence-corrected chi connectivity index (χ3v) is 2.09. The Morgan fingerprint density at radius 2 is 2.23 bits per heavy atom. The zero-order chi connectivity index (χ0) is 9.42. The molecule has 0 amide bonds. The molecule has 0 aliphatic carbocycles. The Morgan fingerprint density at radius 3 is 2.92 bits per heavy atom. The topological polar surface area (TPSA) is 39.2 Å². The molecule has 1 heterocycles. The van der Waals surface area contributed by atoms with Gasteiger partial charge in [0.05, 0.1) is 6.26 Å². The van der Waals surface area contributed by atoms with Gasteiger partial charge in [0.15, 0.2) is 0 Å². The number of nitrogen functional groups attached to an aromatic ring is 1. The smallest absolute Gasteiger partial charge is 0.136 e. The van der Waals surface area contributed by atoms with Crippen LogP contribution in [-0.2, 0) is 0 Å². The van der Waals surface area contributed by atoms with E-state index in [9.17, 15) is 4.39 Å². The third kappa shape index (κ3) is 1.16. The van der Waals surface area contributed by atoms with Crippen LogP contribution in [0, 0.1) is 0 Å². The molecule has 1 atom stereocenters. The van der Waals surface area contributed by atoms with Gasteiger partial charge in [-0.3, -0.25) is 0 Å². The van der Waals surface area contributed by atoms with Crippen LogP contribution in [-0.4, -0.2) is 0 Å². The number of anilines is 1. The molecule has 2 N–H and O–H groups in total. The highest BCUT2D eigenvalue weighted by Crippen LogP contribution is 2.32. The lowest BCUT2D eigenvalue weighted by atomic mass is 10.1. The molecule has 1 aromatic heterocycles. The highest BCUT2D eigenvalue weighted by molar-refractivity contribution is 5.92. The molecule has 2 rings (SSSR count). The summed E-state index contributed by atoms with van der Waals surface area (Å²) in [5.41, 5.74) is 7.43. The third-order valence-electron chi connectivity index (χ3n) is 2.09. The Hall–Kier alpha value is -1.51. The van der Waals surface area contributed by atoms with Crippen molar-refractivity contribution >= 4 is 16.7 Å². The van der Waals surface area contributed by atoms with Crippen molar-refractivity contribution in [3.8, 4) is 0 Å². The van der Waals surface area contributed by atoms with Crippen molar-refractivity contribution < 1.29 is 8.81 Å². The van der Waals surface area contributed by atoms with Gasteiger partial charge in [0.2, 0.25) is 0 Å². The second-order valence-corrected chi connectivity index (χ2v) is 3.03. The Balaban J connectivity index is 2.79. The van der Waals surface area contributed by atoms with E-state index in [1.54, 1.807) is 18.2 Å². The Labute approximate surface area is 75.1 Å². The van der Waals surface area contributed by atoms with Gasteiger partial charge in [0.1, 0.15) is 11.8 Å². The van der Waals surface area contributed by atoms with Gasteiger partial charge in [0, 0.05) is 16.6 Å². The quantitative estimate of drug-likeness (QED) is 0.683. The van der Waals surface area contributed by atoms with Crippen LogP contribution in [0.5, 0.6) is 0 Å². The average Bonchev–Trinajstić information content (AvgIpc) is 2.49. The summed E-state index contributed by atoms with van der Waals surface area (Å²) < 4.78 is 18.2. The molecule has 1 unspecified atom stereocenters. The Morgan fingerprint density at radius 1 is 1.46 bits per heavy atom. The van der Waals surface area contributed by atoms with Crippen LogP contribution in [0.3, 0.4) is 0 Å². The molecule has 2 aromatic rings. The summed E-state index contributed by atoms with van der Waals surface area (Å²) in [6.07, 6.45) is 0.372. The van der Waals surface area contributed by atoms with E-state index in [4.69, 9.17) is 10.2 Å². The molecule has 3 heteroatoms. The molecule has 0 radical (unpaired) electrons. The average molecular weight is 179 g/mol. The maximum Gasteiger partial charge on any atom is 0.136 e. The number of nitrogens with two attached hydrogens (primary N) is 1. The molecule has 2 nitrogen and oxygen atoms in total. The minimum Gasteiger partial charge on any atom is -0.464 e. The van der Waals surface area contributed by atoms with Gasteiger partial charge < -0.3 is 10.2 Å². The second-order valence-electron chi connectivity index (χ2n) is 3.03. The van der Waals surface area contributed by atoms with Gasteiger partial charge in [-0.15, -0.1) is 0 Å². The van der Waals surface area contributed by atoms with Crippen molar-refractivity contribution in [3.05, 3.63) is 30.0 Å². The lowest BCUT2D eigenvalue weighted by molar-refractivity contribution is 0.373. The lowest BCUT2D eigenvalue weighted by Crippen LogP contribution is -1.88. The first-order valence-electron chi connectivity index (χ1n) is 4.10. The van der Waals surface area contributed by atoms with Crippen molar-refractivity contribution in [1.82, 2.24) is 0 Å². The summed E-state index contributed by atoms with van der Waals surface area (Å²) >= 11 is 0. The van der Waals surface area contributed by atoms with Crippen molar-refractivity contribution in [2.75, 3.05) is 5.73 Å². The molecular weight excluding hydrogens is 169 g/mol. The van der Waals surface area contributed by atoms with E-state index in [2.05, 4.69) is 0 Å². The van der Waals surface area contributed by atoms with E-state index < -0.39 is 6.17 Å². The van der Waals surface area contributed by atoms with Crippen LogP contribution >= 0.6 is 0 Å². The summed E-state index contributed by atoms with van der Waals surface area (Å²) in [5, 5.41) is 0.692. The fourth-order valence-electron chi connectivity index (χ4n) is 1.43. The molecule has 0 fully saturated rings. The van der Waals surface area contributed by atoms with Crippen molar-refractivity contribution in [3.63, 3.8) is 0 Å². The summed E-state index contributed by atoms with van der Waals surface area (Å²) in [6, 6.07) is 5.30. The van der Waals surface area contributed by atoms with Crippen LogP contribution in [0.25, 0.3) is 11.0 Å². The number of benzene rings is 1. The van der Waals surface area contributed by atoms with Crippen molar-refractivity contribution in [1.29, 1.82) is 0 Å². The van der Waals surface area contributed by atoms with E-state index in [1.165, 1.54) is 13.2 Å².